The molecule has 2 saturated carbocycles. The number of nitrogens with zero attached hydrogens (tertiary/aromatic N) is 1. The number of fused-ring (bicyclic) bond motifs is 1. The van der Waals surface area contributed by atoms with E-state index in [1.807, 2.05) is 51.1 Å². The number of benzene rings is 1. The molecule has 41 heavy (non-hydrogen) atoms. The molecule has 3 aliphatic rings. The van der Waals surface area contributed by atoms with Crippen LogP contribution in [0.3, 0.4) is 0 Å². The molecule has 1 heterocycles. The zero-order chi connectivity index (χ0) is 30.3. The van der Waals surface area contributed by atoms with Crippen LogP contribution in [0.15, 0.2) is 30.3 Å². The molecule has 0 spiro atoms. The maximum atomic E-state index is 14.0. The van der Waals surface area contributed by atoms with Crippen LogP contribution in [0.25, 0.3) is 0 Å². The number of Topliss-reactive ketones (excluding diaryl/α,β-unsaturated/α-hetero) is 1. The summed E-state index contributed by atoms with van der Waals surface area (Å²) in [6.45, 7) is 14.0. The van der Waals surface area contributed by atoms with Crippen molar-refractivity contribution < 1.29 is 24.0 Å². The van der Waals surface area contributed by atoms with Crippen molar-refractivity contribution in [1.29, 1.82) is 0 Å². The summed E-state index contributed by atoms with van der Waals surface area (Å²) in [4.78, 5) is 68.3. The highest BCUT2D eigenvalue weighted by Gasteiger charge is 2.70. The van der Waals surface area contributed by atoms with E-state index in [1.165, 1.54) is 0 Å². The highest BCUT2D eigenvalue weighted by atomic mass is 16.2. The standard InChI is InChI=1S/C32H46N4O5/c1-18(2)27(38)35-26(31(3,4)5)30(41)36-17-21-23(32(21,6)7)24(36)28(39)34-22(15-19-13-14-19)25(37)29(40)33-16-20-11-9-8-10-12-20/h8-12,18-19,21-24,26H,13-17H2,1-7H3,(H,33,40)(H,34,39)(H,35,38)/t21-,22?,23?,24-,26+/m0/s1. The van der Waals surface area contributed by atoms with Gasteiger partial charge in [0.1, 0.15) is 12.1 Å². The minimum Gasteiger partial charge on any atom is -0.345 e. The highest BCUT2D eigenvalue weighted by molar-refractivity contribution is 6.38. The van der Waals surface area contributed by atoms with Gasteiger partial charge in [0.2, 0.25) is 23.5 Å². The molecular weight excluding hydrogens is 520 g/mol. The van der Waals surface area contributed by atoms with E-state index in [0.717, 1.165) is 18.4 Å². The van der Waals surface area contributed by atoms with Crippen molar-refractivity contribution in [2.24, 2.45) is 34.5 Å². The number of hydrogen-bond acceptors (Lipinski definition) is 5. The SMILES string of the molecule is CC(C)C(=O)N[C@H](C(=O)N1C[C@H]2C([C@H]1C(=O)NC(CC1CC1)C(=O)C(=O)NCc1ccccc1)C2(C)C)C(C)(C)C. The summed E-state index contributed by atoms with van der Waals surface area (Å²) in [7, 11) is 0. The molecule has 224 valence electrons. The van der Waals surface area contributed by atoms with Gasteiger partial charge in [-0.3, -0.25) is 24.0 Å². The maximum absolute atomic E-state index is 14.0. The Hall–Kier alpha value is -3.23. The number of carbonyl (C=O) groups is 5. The van der Waals surface area contributed by atoms with Crippen molar-refractivity contribution in [3.05, 3.63) is 35.9 Å². The molecule has 9 heteroatoms. The quantitative estimate of drug-likeness (QED) is 0.356. The van der Waals surface area contributed by atoms with Gasteiger partial charge < -0.3 is 20.9 Å². The number of carbonyl (C=O) groups excluding carboxylic acids is 5. The summed E-state index contributed by atoms with van der Waals surface area (Å²) in [5.74, 6) is -2.23. The first-order chi connectivity index (χ1) is 19.1. The zero-order valence-electron chi connectivity index (χ0n) is 25.5. The number of amides is 4. The summed E-state index contributed by atoms with van der Waals surface area (Å²) in [5, 5.41) is 8.49. The first kappa shape index (κ1) is 30.7. The molecule has 5 atom stereocenters. The van der Waals surface area contributed by atoms with Crippen molar-refractivity contribution in [2.75, 3.05) is 6.54 Å². The molecule has 3 N–H and O–H groups in total. The van der Waals surface area contributed by atoms with Crippen molar-refractivity contribution >= 4 is 29.4 Å². The van der Waals surface area contributed by atoms with Crippen LogP contribution >= 0.6 is 0 Å². The Labute approximate surface area is 243 Å². The Bertz CT molecular complexity index is 1180. The van der Waals surface area contributed by atoms with Crippen LogP contribution in [-0.2, 0) is 30.5 Å². The predicted octanol–water partition coefficient (Wildman–Crippen LogP) is 2.83. The lowest BCUT2D eigenvalue weighted by atomic mass is 9.84. The molecule has 0 aromatic heterocycles. The molecule has 2 aliphatic carbocycles. The van der Waals surface area contributed by atoms with Crippen molar-refractivity contribution in [3.63, 3.8) is 0 Å². The lowest BCUT2D eigenvalue weighted by molar-refractivity contribution is -0.147. The molecule has 9 nitrogen and oxygen atoms in total. The summed E-state index contributed by atoms with van der Waals surface area (Å²) >= 11 is 0. The van der Waals surface area contributed by atoms with Crippen LogP contribution < -0.4 is 16.0 Å². The van der Waals surface area contributed by atoms with Gasteiger partial charge in [0.25, 0.3) is 5.91 Å². The fourth-order valence-corrected chi connectivity index (χ4v) is 6.14. The lowest BCUT2D eigenvalue weighted by Gasteiger charge is -2.38. The van der Waals surface area contributed by atoms with E-state index < -0.39 is 41.1 Å². The summed E-state index contributed by atoms with van der Waals surface area (Å²) in [6.07, 6.45) is 2.32. The third-order valence-electron chi connectivity index (χ3n) is 9.10. The van der Waals surface area contributed by atoms with Gasteiger partial charge in [-0.15, -0.1) is 0 Å². The van der Waals surface area contributed by atoms with E-state index in [2.05, 4.69) is 29.8 Å². The predicted molar refractivity (Wildman–Crippen MR) is 155 cm³/mol. The Morgan fingerprint density at radius 3 is 2.20 bits per heavy atom. The average molecular weight is 567 g/mol. The number of hydrogen-bond donors (Lipinski definition) is 3. The van der Waals surface area contributed by atoms with Crippen molar-refractivity contribution in [2.45, 2.75) is 92.4 Å². The van der Waals surface area contributed by atoms with E-state index in [4.69, 9.17) is 0 Å². The molecule has 4 rings (SSSR count). The van der Waals surface area contributed by atoms with Gasteiger partial charge in [0.15, 0.2) is 0 Å². The molecule has 1 saturated heterocycles. The molecule has 1 aromatic rings. The van der Waals surface area contributed by atoms with Crippen molar-refractivity contribution in [1.82, 2.24) is 20.9 Å². The Kier molecular flexibility index (Phi) is 8.67. The molecule has 4 amide bonds. The highest BCUT2D eigenvalue weighted by Crippen LogP contribution is 2.65. The molecule has 0 radical (unpaired) electrons. The van der Waals surface area contributed by atoms with Gasteiger partial charge in [-0.05, 0) is 40.6 Å². The lowest BCUT2D eigenvalue weighted by Crippen LogP contribution is -2.60. The Balaban J connectivity index is 1.51. The number of rotatable bonds is 11. The Morgan fingerprint density at radius 2 is 1.63 bits per heavy atom. The molecular formula is C32H46N4O5. The van der Waals surface area contributed by atoms with Gasteiger partial charge in [-0.1, -0.05) is 91.6 Å². The number of likely N-dealkylation sites (tertiary alicyclic amines) is 1. The van der Waals surface area contributed by atoms with E-state index in [-0.39, 0.29) is 47.4 Å². The van der Waals surface area contributed by atoms with Gasteiger partial charge in [-0.25, -0.2) is 0 Å². The van der Waals surface area contributed by atoms with Crippen LogP contribution in [0.4, 0.5) is 0 Å². The molecule has 0 bridgehead atoms. The molecule has 1 aromatic carbocycles. The summed E-state index contributed by atoms with van der Waals surface area (Å²) in [5.41, 5.74) is 0.170. The second-order valence-corrected chi connectivity index (χ2v) is 14.1. The van der Waals surface area contributed by atoms with Gasteiger partial charge in [0.05, 0.1) is 6.04 Å². The second kappa shape index (κ2) is 11.6. The van der Waals surface area contributed by atoms with Gasteiger partial charge in [0, 0.05) is 19.0 Å². The normalized spacial score (nSPS) is 24.2. The number of ketones is 1. The zero-order valence-corrected chi connectivity index (χ0v) is 25.5. The van der Waals surface area contributed by atoms with Gasteiger partial charge >= 0.3 is 0 Å². The second-order valence-electron chi connectivity index (χ2n) is 14.1. The number of nitrogens with one attached hydrogen (secondary N) is 3. The first-order valence-corrected chi connectivity index (χ1v) is 14.9. The minimum absolute atomic E-state index is 0.0588. The molecule has 2 unspecified atom stereocenters. The van der Waals surface area contributed by atoms with Gasteiger partial charge in [-0.2, -0.15) is 0 Å². The first-order valence-electron chi connectivity index (χ1n) is 14.9. The topological polar surface area (TPSA) is 125 Å². The monoisotopic (exact) mass is 566 g/mol. The fourth-order valence-electron chi connectivity index (χ4n) is 6.14. The van der Waals surface area contributed by atoms with E-state index in [1.54, 1.807) is 18.7 Å². The third kappa shape index (κ3) is 6.81. The van der Waals surface area contributed by atoms with Crippen LogP contribution in [-0.4, -0.2) is 59.0 Å². The van der Waals surface area contributed by atoms with E-state index >= 15 is 0 Å². The van der Waals surface area contributed by atoms with E-state index in [0.29, 0.717) is 13.0 Å². The summed E-state index contributed by atoms with van der Waals surface area (Å²) in [6, 6.07) is 6.79. The largest absolute Gasteiger partial charge is 0.345 e. The third-order valence-corrected chi connectivity index (χ3v) is 9.10. The molecule has 1 aliphatic heterocycles. The maximum Gasteiger partial charge on any atom is 0.289 e. The van der Waals surface area contributed by atoms with Crippen LogP contribution in [0.5, 0.6) is 0 Å². The molecule has 3 fully saturated rings. The fraction of sp³-hybridized carbons (Fsp3) is 0.656. The van der Waals surface area contributed by atoms with E-state index in [9.17, 15) is 24.0 Å². The van der Waals surface area contributed by atoms with Crippen LogP contribution in [0, 0.1) is 34.5 Å². The van der Waals surface area contributed by atoms with Crippen molar-refractivity contribution in [3.8, 4) is 0 Å². The van der Waals surface area contributed by atoms with Crippen LogP contribution in [0.1, 0.15) is 73.3 Å². The van der Waals surface area contributed by atoms with Crippen LogP contribution in [0.2, 0.25) is 0 Å². The summed E-state index contributed by atoms with van der Waals surface area (Å²) < 4.78 is 0. The minimum atomic E-state index is -0.956. The smallest absolute Gasteiger partial charge is 0.289 e. The average Bonchev–Trinajstić information content (AvgIpc) is 3.76. The Morgan fingerprint density at radius 1 is 1.00 bits per heavy atom. The number of piperidine rings is 1.